The Hall–Kier alpha value is -1.87. The van der Waals surface area contributed by atoms with E-state index in [9.17, 15) is 13.2 Å². The molecular weight excluding hydrogens is 387 g/mol. The maximum absolute atomic E-state index is 12.8. The van der Waals surface area contributed by atoms with Gasteiger partial charge in [0.05, 0.1) is 6.20 Å². The lowest BCUT2D eigenvalue weighted by atomic mass is 9.97. The highest BCUT2D eigenvalue weighted by Gasteiger charge is 2.34. The predicted octanol–water partition coefficient (Wildman–Crippen LogP) is 3.60. The fourth-order valence-corrected chi connectivity index (χ4v) is 4.81. The molecular formula is C19H24F3N5S. The summed E-state index contributed by atoms with van der Waals surface area (Å²) in [6.07, 6.45) is 0.591. The second-order valence-electron chi connectivity index (χ2n) is 7.43. The van der Waals surface area contributed by atoms with Crippen molar-refractivity contribution >= 4 is 22.3 Å². The van der Waals surface area contributed by atoms with E-state index in [2.05, 4.69) is 19.8 Å². The molecule has 0 saturated carbocycles. The monoisotopic (exact) mass is 411 g/mol. The zero-order valence-electron chi connectivity index (χ0n) is 15.6. The summed E-state index contributed by atoms with van der Waals surface area (Å²) >= 11 is 0.755. The molecule has 2 aromatic heterocycles. The molecule has 1 unspecified atom stereocenters. The zero-order chi connectivity index (χ0) is 19.6. The average molecular weight is 411 g/mol. The minimum atomic E-state index is -4.31. The first kappa shape index (κ1) is 19.4. The molecule has 2 aromatic rings. The molecule has 2 aliphatic rings. The van der Waals surface area contributed by atoms with Gasteiger partial charge in [0.15, 0.2) is 5.13 Å². The van der Waals surface area contributed by atoms with Gasteiger partial charge in [-0.25, -0.2) is 9.97 Å². The molecule has 0 amide bonds. The molecule has 2 aliphatic heterocycles. The molecule has 0 aromatic carbocycles. The Kier molecular flexibility index (Phi) is 5.73. The summed E-state index contributed by atoms with van der Waals surface area (Å²) in [6.45, 7) is 6.44. The molecule has 0 N–H and O–H groups in total. The van der Waals surface area contributed by atoms with Crippen molar-refractivity contribution in [3.8, 4) is 0 Å². The van der Waals surface area contributed by atoms with E-state index in [4.69, 9.17) is 0 Å². The Balaban J connectivity index is 1.29. The van der Waals surface area contributed by atoms with Crippen LogP contribution in [0.15, 0.2) is 30.6 Å². The topological polar surface area (TPSA) is 35.5 Å². The van der Waals surface area contributed by atoms with Gasteiger partial charge in [0.25, 0.3) is 0 Å². The van der Waals surface area contributed by atoms with Crippen LogP contribution in [-0.4, -0.2) is 60.7 Å². The number of pyridine rings is 1. The number of alkyl halides is 3. The van der Waals surface area contributed by atoms with Crippen LogP contribution in [0, 0.1) is 5.92 Å². The summed E-state index contributed by atoms with van der Waals surface area (Å²) in [4.78, 5) is 14.6. The predicted molar refractivity (Wildman–Crippen MR) is 105 cm³/mol. The summed E-state index contributed by atoms with van der Waals surface area (Å²) in [5, 5.41) is 0.497. The van der Waals surface area contributed by atoms with Crippen molar-refractivity contribution in [3.63, 3.8) is 0 Å². The third-order valence-electron chi connectivity index (χ3n) is 5.42. The number of hydrogen-bond acceptors (Lipinski definition) is 6. The molecule has 1 atom stereocenters. The molecule has 2 saturated heterocycles. The van der Waals surface area contributed by atoms with Gasteiger partial charge in [-0.3, -0.25) is 4.90 Å². The van der Waals surface area contributed by atoms with Crippen molar-refractivity contribution in [1.29, 1.82) is 0 Å². The largest absolute Gasteiger partial charge is 0.427 e. The van der Waals surface area contributed by atoms with E-state index < -0.39 is 11.1 Å². The standard InChI is InChI=1S/C19H24F3N5S/c20-19(21,22)16-12-24-18(28-16)27-7-3-4-15(14-27)13-25-8-10-26(11-9-25)17-5-1-2-6-23-17/h1-2,5-6,12,15H,3-4,7-11,13-14H2. The molecule has 152 valence electrons. The van der Waals surface area contributed by atoms with Crippen molar-refractivity contribution in [3.05, 3.63) is 35.5 Å². The van der Waals surface area contributed by atoms with Gasteiger partial charge in [-0.05, 0) is 30.9 Å². The number of halogens is 3. The number of anilines is 2. The van der Waals surface area contributed by atoms with E-state index in [-0.39, 0.29) is 0 Å². The van der Waals surface area contributed by atoms with Crippen molar-refractivity contribution in [2.75, 3.05) is 55.6 Å². The van der Waals surface area contributed by atoms with Crippen LogP contribution in [0.1, 0.15) is 17.7 Å². The summed E-state index contributed by atoms with van der Waals surface area (Å²) in [6, 6.07) is 5.97. The smallest absolute Gasteiger partial charge is 0.354 e. The third kappa shape index (κ3) is 4.57. The first-order chi connectivity index (χ1) is 13.5. The quantitative estimate of drug-likeness (QED) is 0.768. The van der Waals surface area contributed by atoms with Crippen LogP contribution in [0.2, 0.25) is 0 Å². The SMILES string of the molecule is FC(F)(F)c1cnc(N2CCCC(CN3CCN(c4ccccn4)CC3)C2)s1. The molecule has 2 fully saturated rings. The highest BCUT2D eigenvalue weighted by molar-refractivity contribution is 7.15. The summed E-state index contributed by atoms with van der Waals surface area (Å²) in [5.74, 6) is 1.49. The van der Waals surface area contributed by atoms with Gasteiger partial charge in [-0.1, -0.05) is 17.4 Å². The van der Waals surface area contributed by atoms with E-state index in [1.54, 1.807) is 0 Å². The van der Waals surface area contributed by atoms with E-state index in [1.807, 2.05) is 29.3 Å². The molecule has 0 aliphatic carbocycles. The summed E-state index contributed by atoms with van der Waals surface area (Å²) in [5.41, 5.74) is 0. The molecule has 28 heavy (non-hydrogen) atoms. The Labute approximate surface area is 166 Å². The van der Waals surface area contributed by atoms with Crippen molar-refractivity contribution in [2.45, 2.75) is 19.0 Å². The van der Waals surface area contributed by atoms with Gasteiger partial charge in [0.1, 0.15) is 10.7 Å². The number of piperazine rings is 1. The highest BCUT2D eigenvalue weighted by Crippen LogP contribution is 2.37. The maximum Gasteiger partial charge on any atom is 0.427 e. The minimum absolute atomic E-state index is 0.466. The molecule has 0 spiro atoms. The van der Waals surface area contributed by atoms with Gasteiger partial charge in [0.2, 0.25) is 0 Å². The van der Waals surface area contributed by atoms with Crippen LogP contribution < -0.4 is 9.80 Å². The van der Waals surface area contributed by atoms with Gasteiger partial charge in [-0.15, -0.1) is 0 Å². The van der Waals surface area contributed by atoms with Gasteiger partial charge in [-0.2, -0.15) is 13.2 Å². The Morgan fingerprint density at radius 1 is 1.04 bits per heavy atom. The number of thiazole rings is 1. The fourth-order valence-electron chi connectivity index (χ4n) is 4.00. The lowest BCUT2D eigenvalue weighted by molar-refractivity contribution is -0.134. The van der Waals surface area contributed by atoms with Gasteiger partial charge >= 0.3 is 6.18 Å². The fraction of sp³-hybridized carbons (Fsp3) is 0.579. The summed E-state index contributed by atoms with van der Waals surface area (Å²) < 4.78 is 38.5. The van der Waals surface area contributed by atoms with Crippen LogP contribution in [0.5, 0.6) is 0 Å². The zero-order valence-corrected chi connectivity index (χ0v) is 16.4. The Morgan fingerprint density at radius 2 is 1.86 bits per heavy atom. The van der Waals surface area contributed by atoms with Crippen molar-refractivity contribution in [1.82, 2.24) is 14.9 Å². The van der Waals surface area contributed by atoms with Gasteiger partial charge < -0.3 is 9.80 Å². The normalized spacial score (nSPS) is 21.9. The van der Waals surface area contributed by atoms with Crippen molar-refractivity contribution < 1.29 is 13.2 Å². The second kappa shape index (κ2) is 8.24. The molecule has 9 heteroatoms. The number of piperidine rings is 1. The second-order valence-corrected chi connectivity index (χ2v) is 8.44. The number of aromatic nitrogens is 2. The number of nitrogens with zero attached hydrogens (tertiary/aromatic N) is 5. The van der Waals surface area contributed by atoms with Crippen LogP contribution >= 0.6 is 11.3 Å². The molecule has 4 rings (SSSR count). The number of hydrogen-bond donors (Lipinski definition) is 0. The molecule has 0 bridgehead atoms. The maximum atomic E-state index is 12.8. The van der Waals surface area contributed by atoms with E-state index in [1.165, 1.54) is 0 Å². The van der Waals surface area contributed by atoms with Gasteiger partial charge in [0, 0.05) is 52.0 Å². The lowest BCUT2D eigenvalue weighted by Crippen LogP contribution is -2.49. The van der Waals surface area contributed by atoms with E-state index in [0.717, 1.165) is 82.0 Å². The molecule has 0 radical (unpaired) electrons. The Morgan fingerprint density at radius 3 is 2.54 bits per heavy atom. The average Bonchev–Trinajstić information content (AvgIpc) is 3.20. The lowest BCUT2D eigenvalue weighted by Gasteiger charge is -2.39. The molecule has 5 nitrogen and oxygen atoms in total. The van der Waals surface area contributed by atoms with Crippen LogP contribution in [-0.2, 0) is 6.18 Å². The first-order valence-corrected chi connectivity index (χ1v) is 10.5. The third-order valence-corrected chi connectivity index (χ3v) is 6.53. The highest BCUT2D eigenvalue weighted by atomic mass is 32.1. The Bertz CT molecular complexity index is 758. The molecule has 4 heterocycles. The van der Waals surface area contributed by atoms with Crippen LogP contribution in [0.25, 0.3) is 0 Å². The van der Waals surface area contributed by atoms with Crippen LogP contribution in [0.4, 0.5) is 24.1 Å². The van der Waals surface area contributed by atoms with E-state index >= 15 is 0 Å². The van der Waals surface area contributed by atoms with E-state index in [0.29, 0.717) is 11.0 Å². The minimum Gasteiger partial charge on any atom is -0.354 e. The number of rotatable bonds is 4. The van der Waals surface area contributed by atoms with Crippen molar-refractivity contribution in [2.24, 2.45) is 5.92 Å². The first-order valence-electron chi connectivity index (χ1n) is 9.65. The summed E-state index contributed by atoms with van der Waals surface area (Å²) in [7, 11) is 0. The van der Waals surface area contributed by atoms with Crippen LogP contribution in [0.3, 0.4) is 0 Å².